The van der Waals surface area contributed by atoms with Crippen molar-refractivity contribution in [1.82, 2.24) is 0 Å². The van der Waals surface area contributed by atoms with Crippen molar-refractivity contribution >= 4 is 10.8 Å². The first kappa shape index (κ1) is 17.2. The Bertz CT molecular complexity index is 924. The SMILES string of the molecule is CCCCCc1ccc2cc(C#Cc3ccc(C)cc3)ccc2c1F. The lowest BCUT2D eigenvalue weighted by Gasteiger charge is -2.07. The molecule has 0 aromatic heterocycles. The van der Waals surface area contributed by atoms with Crippen LogP contribution in [0.4, 0.5) is 4.39 Å². The van der Waals surface area contributed by atoms with E-state index in [4.69, 9.17) is 0 Å². The van der Waals surface area contributed by atoms with Crippen molar-refractivity contribution in [3.8, 4) is 11.8 Å². The number of benzene rings is 3. The second-order valence-corrected chi connectivity index (χ2v) is 6.55. The molecule has 3 aromatic rings. The van der Waals surface area contributed by atoms with Crippen LogP contribution < -0.4 is 0 Å². The van der Waals surface area contributed by atoms with Crippen molar-refractivity contribution in [3.05, 3.63) is 82.7 Å². The van der Waals surface area contributed by atoms with Gasteiger partial charge in [0.15, 0.2) is 0 Å². The number of hydrogen-bond donors (Lipinski definition) is 0. The zero-order chi connectivity index (χ0) is 17.6. The average Bonchev–Trinajstić information content (AvgIpc) is 2.63. The molecule has 0 saturated heterocycles. The number of fused-ring (bicyclic) bond motifs is 1. The predicted octanol–water partition coefficient (Wildman–Crippen LogP) is 6.42. The van der Waals surface area contributed by atoms with Gasteiger partial charge in [0.05, 0.1) is 0 Å². The van der Waals surface area contributed by atoms with Crippen LogP contribution in [0.3, 0.4) is 0 Å². The molecule has 0 aliphatic carbocycles. The summed E-state index contributed by atoms with van der Waals surface area (Å²) in [5.41, 5.74) is 3.94. The van der Waals surface area contributed by atoms with Gasteiger partial charge >= 0.3 is 0 Å². The quantitative estimate of drug-likeness (QED) is 0.382. The molecule has 0 radical (unpaired) electrons. The molecule has 0 saturated carbocycles. The minimum absolute atomic E-state index is 0.0772. The Balaban J connectivity index is 1.86. The van der Waals surface area contributed by atoms with E-state index in [9.17, 15) is 4.39 Å². The summed E-state index contributed by atoms with van der Waals surface area (Å²) in [6.07, 6.45) is 4.15. The van der Waals surface area contributed by atoms with Crippen molar-refractivity contribution in [2.24, 2.45) is 0 Å². The molecule has 1 heteroatoms. The molecular formula is C24H23F. The highest BCUT2D eigenvalue weighted by atomic mass is 19.1. The lowest BCUT2D eigenvalue weighted by atomic mass is 10.00. The topological polar surface area (TPSA) is 0 Å². The van der Waals surface area contributed by atoms with E-state index in [-0.39, 0.29) is 5.82 Å². The smallest absolute Gasteiger partial charge is 0.134 e. The fourth-order valence-corrected chi connectivity index (χ4v) is 2.95. The summed E-state index contributed by atoms with van der Waals surface area (Å²) in [7, 11) is 0. The van der Waals surface area contributed by atoms with Crippen LogP contribution in [-0.4, -0.2) is 0 Å². The van der Waals surface area contributed by atoms with E-state index in [1.165, 1.54) is 5.56 Å². The lowest BCUT2D eigenvalue weighted by molar-refractivity contribution is 0.609. The molecule has 25 heavy (non-hydrogen) atoms. The van der Waals surface area contributed by atoms with Crippen molar-refractivity contribution in [2.45, 2.75) is 39.5 Å². The normalized spacial score (nSPS) is 10.5. The Labute approximate surface area is 149 Å². The molecule has 0 nitrogen and oxygen atoms in total. The number of halogens is 1. The van der Waals surface area contributed by atoms with Crippen LogP contribution in [0.1, 0.15) is 48.4 Å². The summed E-state index contributed by atoms with van der Waals surface area (Å²) in [6, 6.07) is 17.8. The van der Waals surface area contributed by atoms with E-state index in [1.54, 1.807) is 0 Å². The lowest BCUT2D eigenvalue weighted by Crippen LogP contribution is -1.93. The average molecular weight is 330 g/mol. The van der Waals surface area contributed by atoms with Crippen molar-refractivity contribution in [2.75, 3.05) is 0 Å². The Morgan fingerprint density at radius 3 is 2.32 bits per heavy atom. The minimum atomic E-state index is -0.0772. The number of aryl methyl sites for hydroxylation is 2. The Kier molecular flexibility index (Phi) is 5.51. The third-order valence-corrected chi connectivity index (χ3v) is 4.49. The molecule has 0 heterocycles. The van der Waals surface area contributed by atoms with Gasteiger partial charge < -0.3 is 0 Å². The standard InChI is InChI=1S/C24H23F/c1-3-4-5-6-21-14-15-22-17-20(13-16-23(22)24(21)25)12-11-19-9-7-18(2)8-10-19/h7-10,13-17H,3-6H2,1-2H3. The molecule has 0 bridgehead atoms. The van der Waals surface area contributed by atoms with E-state index in [2.05, 4.69) is 37.8 Å². The molecule has 0 spiro atoms. The predicted molar refractivity (Wildman–Crippen MR) is 104 cm³/mol. The van der Waals surface area contributed by atoms with Crippen LogP contribution in [0.5, 0.6) is 0 Å². The van der Waals surface area contributed by atoms with Crippen LogP contribution in [0, 0.1) is 24.6 Å². The van der Waals surface area contributed by atoms with Crippen molar-refractivity contribution in [3.63, 3.8) is 0 Å². The summed E-state index contributed by atoms with van der Waals surface area (Å²) in [5.74, 6) is 6.27. The first-order valence-electron chi connectivity index (χ1n) is 8.97. The summed E-state index contributed by atoms with van der Waals surface area (Å²) in [6.45, 7) is 4.22. The van der Waals surface area contributed by atoms with Gasteiger partial charge in [0.2, 0.25) is 0 Å². The van der Waals surface area contributed by atoms with Crippen LogP contribution in [0.25, 0.3) is 10.8 Å². The highest BCUT2D eigenvalue weighted by Gasteiger charge is 2.07. The van der Waals surface area contributed by atoms with E-state index in [1.807, 2.05) is 42.5 Å². The molecule has 0 aliphatic heterocycles. The molecule has 0 aliphatic rings. The van der Waals surface area contributed by atoms with Gasteiger partial charge in [-0.25, -0.2) is 4.39 Å². The van der Waals surface area contributed by atoms with Gasteiger partial charge in [-0.15, -0.1) is 0 Å². The first-order chi connectivity index (χ1) is 12.2. The van der Waals surface area contributed by atoms with Crippen molar-refractivity contribution < 1.29 is 4.39 Å². The maximum atomic E-state index is 14.7. The molecule has 0 N–H and O–H groups in total. The zero-order valence-electron chi connectivity index (χ0n) is 14.9. The molecule has 0 fully saturated rings. The molecular weight excluding hydrogens is 307 g/mol. The minimum Gasteiger partial charge on any atom is -0.206 e. The maximum absolute atomic E-state index is 14.7. The van der Waals surface area contributed by atoms with Crippen LogP contribution >= 0.6 is 0 Å². The number of hydrogen-bond acceptors (Lipinski definition) is 0. The first-order valence-corrected chi connectivity index (χ1v) is 8.97. The molecule has 3 rings (SSSR count). The van der Waals surface area contributed by atoms with Gasteiger partial charge in [-0.05, 0) is 55.0 Å². The van der Waals surface area contributed by atoms with E-state index in [0.29, 0.717) is 5.39 Å². The van der Waals surface area contributed by atoms with Gasteiger partial charge in [-0.1, -0.05) is 67.5 Å². The van der Waals surface area contributed by atoms with Gasteiger partial charge in [-0.2, -0.15) is 0 Å². The monoisotopic (exact) mass is 330 g/mol. The number of rotatable bonds is 4. The van der Waals surface area contributed by atoms with Gasteiger partial charge in [0.25, 0.3) is 0 Å². The Morgan fingerprint density at radius 2 is 1.56 bits per heavy atom. The van der Waals surface area contributed by atoms with E-state index >= 15 is 0 Å². The second kappa shape index (κ2) is 7.99. The van der Waals surface area contributed by atoms with E-state index in [0.717, 1.165) is 47.8 Å². The molecule has 126 valence electrons. The summed E-state index contributed by atoms with van der Waals surface area (Å²) in [5, 5.41) is 1.60. The fourth-order valence-electron chi connectivity index (χ4n) is 2.95. The summed E-state index contributed by atoms with van der Waals surface area (Å²) >= 11 is 0. The van der Waals surface area contributed by atoms with Crippen LogP contribution in [-0.2, 0) is 6.42 Å². The molecule has 0 atom stereocenters. The third-order valence-electron chi connectivity index (χ3n) is 4.49. The Morgan fingerprint density at radius 1 is 0.840 bits per heavy atom. The highest BCUT2D eigenvalue weighted by molar-refractivity contribution is 5.85. The fraction of sp³-hybridized carbons (Fsp3) is 0.250. The third kappa shape index (κ3) is 4.28. The molecule has 0 amide bonds. The summed E-state index contributed by atoms with van der Waals surface area (Å²) < 4.78 is 14.7. The Hall–Kier alpha value is -2.59. The van der Waals surface area contributed by atoms with Crippen LogP contribution in [0.15, 0.2) is 54.6 Å². The molecule has 0 unspecified atom stereocenters. The molecule has 3 aromatic carbocycles. The summed E-state index contributed by atoms with van der Waals surface area (Å²) in [4.78, 5) is 0. The van der Waals surface area contributed by atoms with Crippen molar-refractivity contribution in [1.29, 1.82) is 0 Å². The zero-order valence-corrected chi connectivity index (χ0v) is 14.9. The van der Waals surface area contributed by atoms with Gasteiger partial charge in [-0.3, -0.25) is 0 Å². The maximum Gasteiger partial charge on any atom is 0.134 e. The number of unbranched alkanes of at least 4 members (excludes halogenated alkanes) is 2. The van der Waals surface area contributed by atoms with Gasteiger partial charge in [0.1, 0.15) is 5.82 Å². The van der Waals surface area contributed by atoms with Crippen LogP contribution in [0.2, 0.25) is 0 Å². The van der Waals surface area contributed by atoms with Gasteiger partial charge in [0, 0.05) is 16.5 Å². The second-order valence-electron chi connectivity index (χ2n) is 6.55. The largest absolute Gasteiger partial charge is 0.206 e. The highest BCUT2D eigenvalue weighted by Crippen LogP contribution is 2.23. The van der Waals surface area contributed by atoms with E-state index < -0.39 is 0 Å².